The highest BCUT2D eigenvalue weighted by Gasteiger charge is 2.12. The zero-order chi connectivity index (χ0) is 19.9. The van der Waals surface area contributed by atoms with Crippen LogP contribution in [0.1, 0.15) is 17.6 Å². The van der Waals surface area contributed by atoms with Gasteiger partial charge in [-0.1, -0.05) is 17.8 Å². The van der Waals surface area contributed by atoms with Crippen molar-refractivity contribution in [3.05, 3.63) is 46.4 Å². The summed E-state index contributed by atoms with van der Waals surface area (Å²) in [4.78, 5) is 29.1. The van der Waals surface area contributed by atoms with E-state index in [0.717, 1.165) is 5.82 Å². The molecule has 146 valence electrons. The molecule has 0 aliphatic rings. The Bertz CT molecular complexity index is 956. The molecule has 0 spiro atoms. The van der Waals surface area contributed by atoms with Crippen LogP contribution in [-0.4, -0.2) is 39.9 Å². The molecule has 2 amide bonds. The van der Waals surface area contributed by atoms with Gasteiger partial charge in [-0.15, -0.1) is 16.4 Å². The van der Waals surface area contributed by atoms with Crippen LogP contribution in [0.5, 0.6) is 5.75 Å². The Morgan fingerprint density at radius 2 is 2.14 bits per heavy atom. The molecule has 0 saturated carbocycles. The molecule has 0 unspecified atom stereocenters. The second kappa shape index (κ2) is 9.38. The lowest BCUT2D eigenvalue weighted by Gasteiger charge is -2.12. The van der Waals surface area contributed by atoms with E-state index in [9.17, 15) is 9.59 Å². The van der Waals surface area contributed by atoms with Crippen LogP contribution in [-0.2, 0) is 16.0 Å². The van der Waals surface area contributed by atoms with Crippen LogP contribution < -0.4 is 15.4 Å². The number of H-pyrrole nitrogens is 1. The van der Waals surface area contributed by atoms with E-state index in [4.69, 9.17) is 4.74 Å². The Balaban J connectivity index is 1.57. The van der Waals surface area contributed by atoms with Crippen molar-refractivity contribution in [2.75, 3.05) is 23.5 Å². The topological polar surface area (TPSA) is 109 Å². The van der Waals surface area contributed by atoms with E-state index in [1.165, 1.54) is 30.7 Å². The smallest absolute Gasteiger partial charge is 0.234 e. The lowest BCUT2D eigenvalue weighted by atomic mass is 10.2. The number of hydrogen-bond acceptors (Lipinski definition) is 7. The molecule has 0 fully saturated rings. The number of carbonyl (C=O) groups is 2. The highest BCUT2D eigenvalue weighted by Crippen LogP contribution is 2.28. The fraction of sp³-hybridized carbons (Fsp3) is 0.222. The van der Waals surface area contributed by atoms with Crippen LogP contribution in [0.25, 0.3) is 0 Å². The summed E-state index contributed by atoms with van der Waals surface area (Å²) in [6.07, 6.45) is 0.685. The van der Waals surface area contributed by atoms with Crippen molar-refractivity contribution in [1.29, 1.82) is 0 Å². The number of methoxy groups -OCH3 is 1. The van der Waals surface area contributed by atoms with Gasteiger partial charge < -0.3 is 15.4 Å². The van der Waals surface area contributed by atoms with Crippen molar-refractivity contribution in [3.63, 3.8) is 0 Å². The quantitative estimate of drug-likeness (QED) is 0.486. The average Bonchev–Trinajstić information content (AvgIpc) is 3.32. The average molecular weight is 418 g/mol. The first-order valence-corrected chi connectivity index (χ1v) is 10.2. The Kier molecular flexibility index (Phi) is 6.66. The van der Waals surface area contributed by atoms with E-state index in [0.29, 0.717) is 28.7 Å². The van der Waals surface area contributed by atoms with Crippen LogP contribution in [0.3, 0.4) is 0 Å². The van der Waals surface area contributed by atoms with Gasteiger partial charge in [-0.05, 0) is 29.6 Å². The van der Waals surface area contributed by atoms with Crippen LogP contribution in [0.2, 0.25) is 0 Å². The summed E-state index contributed by atoms with van der Waals surface area (Å²) in [6.45, 7) is 1.42. The fourth-order valence-electron chi connectivity index (χ4n) is 2.40. The summed E-state index contributed by atoms with van der Waals surface area (Å²) in [5.41, 5.74) is 1.05. The van der Waals surface area contributed by atoms with Gasteiger partial charge in [0.25, 0.3) is 0 Å². The zero-order valence-corrected chi connectivity index (χ0v) is 16.9. The normalized spacial score (nSPS) is 10.5. The van der Waals surface area contributed by atoms with Crippen molar-refractivity contribution < 1.29 is 14.3 Å². The highest BCUT2D eigenvalue weighted by atomic mass is 32.2. The van der Waals surface area contributed by atoms with E-state index in [1.54, 1.807) is 29.5 Å². The van der Waals surface area contributed by atoms with E-state index in [1.807, 2.05) is 17.5 Å². The van der Waals surface area contributed by atoms with Crippen LogP contribution in [0, 0.1) is 0 Å². The number of thioether (sulfide) groups is 1. The minimum Gasteiger partial charge on any atom is -0.495 e. The predicted octanol–water partition coefficient (Wildman–Crippen LogP) is 3.15. The van der Waals surface area contributed by atoms with Crippen molar-refractivity contribution in [2.45, 2.75) is 18.5 Å². The number of nitrogens with zero attached hydrogens (tertiary/aromatic N) is 2. The number of ether oxygens (including phenoxy) is 1. The molecule has 1 aromatic carbocycles. The van der Waals surface area contributed by atoms with Gasteiger partial charge in [-0.3, -0.25) is 14.7 Å². The number of rotatable bonds is 8. The minimum absolute atomic E-state index is 0.143. The largest absolute Gasteiger partial charge is 0.495 e. The van der Waals surface area contributed by atoms with E-state index < -0.39 is 0 Å². The van der Waals surface area contributed by atoms with Crippen LogP contribution >= 0.6 is 23.1 Å². The number of nitrogens with one attached hydrogen (secondary N) is 3. The molecule has 0 saturated heterocycles. The van der Waals surface area contributed by atoms with Gasteiger partial charge in [0.15, 0.2) is 0 Å². The molecule has 0 aliphatic heterocycles. The highest BCUT2D eigenvalue weighted by molar-refractivity contribution is 7.99. The van der Waals surface area contributed by atoms with Gasteiger partial charge in [0, 0.05) is 23.9 Å². The Morgan fingerprint density at radius 3 is 2.86 bits per heavy atom. The number of amides is 2. The molecule has 0 radical (unpaired) electrons. The van der Waals surface area contributed by atoms with Gasteiger partial charge in [0.2, 0.25) is 17.0 Å². The summed E-state index contributed by atoms with van der Waals surface area (Å²) in [6, 6.07) is 9.06. The second-order valence-electron chi connectivity index (χ2n) is 5.75. The Labute approximate surface area is 170 Å². The van der Waals surface area contributed by atoms with Gasteiger partial charge in [-0.25, -0.2) is 4.98 Å². The van der Waals surface area contributed by atoms with Gasteiger partial charge >= 0.3 is 0 Å². The third-order valence-corrected chi connectivity index (χ3v) is 5.28. The minimum atomic E-state index is -0.229. The SMILES string of the molecule is COc1ccc(NC(C)=O)cc1NC(=O)CSc1n[nH]c(Cc2cccs2)n1. The lowest BCUT2D eigenvalue weighted by molar-refractivity contribution is -0.114. The first kappa shape index (κ1) is 19.9. The molecule has 0 aliphatic carbocycles. The van der Waals surface area contributed by atoms with Crippen LogP contribution in [0.15, 0.2) is 40.9 Å². The molecular weight excluding hydrogens is 398 g/mol. The second-order valence-corrected chi connectivity index (χ2v) is 7.73. The number of hydrogen-bond donors (Lipinski definition) is 3. The number of benzene rings is 1. The molecule has 8 nitrogen and oxygen atoms in total. The monoisotopic (exact) mass is 417 g/mol. The molecule has 2 heterocycles. The number of carbonyl (C=O) groups excluding carboxylic acids is 2. The van der Waals surface area contributed by atoms with E-state index in [2.05, 4.69) is 25.8 Å². The molecule has 3 rings (SSSR count). The van der Waals surface area contributed by atoms with Gasteiger partial charge in [0.05, 0.1) is 18.6 Å². The molecule has 2 aromatic heterocycles. The first-order valence-electron chi connectivity index (χ1n) is 8.35. The molecule has 3 N–H and O–H groups in total. The van der Waals surface area contributed by atoms with Crippen LogP contribution in [0.4, 0.5) is 11.4 Å². The summed E-state index contributed by atoms with van der Waals surface area (Å²) in [5.74, 6) is 0.983. The van der Waals surface area contributed by atoms with E-state index >= 15 is 0 Å². The molecule has 28 heavy (non-hydrogen) atoms. The number of aromatic amines is 1. The fourth-order valence-corrected chi connectivity index (χ4v) is 3.73. The summed E-state index contributed by atoms with van der Waals surface area (Å²) >= 11 is 2.89. The van der Waals surface area contributed by atoms with E-state index in [-0.39, 0.29) is 17.6 Å². The Morgan fingerprint density at radius 1 is 1.29 bits per heavy atom. The van der Waals surface area contributed by atoms with Crippen molar-refractivity contribution in [3.8, 4) is 5.75 Å². The third kappa shape index (κ3) is 5.57. The summed E-state index contributed by atoms with van der Waals surface area (Å²) < 4.78 is 5.26. The first-order chi connectivity index (χ1) is 13.5. The van der Waals surface area contributed by atoms with Crippen molar-refractivity contribution in [1.82, 2.24) is 15.2 Å². The van der Waals surface area contributed by atoms with Crippen molar-refractivity contribution >= 4 is 46.3 Å². The molecule has 10 heteroatoms. The summed E-state index contributed by atoms with van der Waals surface area (Å²) in [5, 5.41) is 15.0. The van der Waals surface area contributed by atoms with Gasteiger partial charge in [-0.2, -0.15) is 0 Å². The maximum absolute atomic E-state index is 12.3. The van der Waals surface area contributed by atoms with Gasteiger partial charge in [0.1, 0.15) is 11.6 Å². The zero-order valence-electron chi connectivity index (χ0n) is 15.3. The lowest BCUT2D eigenvalue weighted by Crippen LogP contribution is -2.15. The molecular formula is C18H19N5O3S2. The predicted molar refractivity (Wildman–Crippen MR) is 110 cm³/mol. The molecule has 0 bridgehead atoms. The van der Waals surface area contributed by atoms with Crippen molar-refractivity contribution in [2.24, 2.45) is 0 Å². The molecule has 3 aromatic rings. The summed E-state index contributed by atoms with van der Waals surface area (Å²) in [7, 11) is 1.51. The maximum atomic E-state index is 12.3. The maximum Gasteiger partial charge on any atom is 0.234 e. The number of anilines is 2. The number of aromatic nitrogens is 3. The third-order valence-electron chi connectivity index (χ3n) is 3.56. The Hall–Kier alpha value is -2.85. The standard InChI is InChI=1S/C18H19N5O3S2/c1-11(24)19-12-5-6-15(26-2)14(8-12)20-17(25)10-28-18-21-16(22-23-18)9-13-4-3-7-27-13/h3-8H,9-10H2,1-2H3,(H,19,24)(H,20,25)(H,21,22,23). The number of thiophene rings is 1. The molecule has 0 atom stereocenters.